The van der Waals surface area contributed by atoms with E-state index < -0.39 is 0 Å². The average Bonchev–Trinajstić information content (AvgIpc) is 2.30. The predicted molar refractivity (Wildman–Crippen MR) is 60.3 cm³/mol. The Kier molecular flexibility index (Phi) is 5.52. The van der Waals surface area contributed by atoms with Gasteiger partial charge in [0.15, 0.2) is 0 Å². The molecule has 2 nitrogen and oxygen atoms in total. The second kappa shape index (κ2) is 6.97. The summed E-state index contributed by atoms with van der Waals surface area (Å²) in [6, 6.07) is 6.35. The first-order valence-corrected chi connectivity index (χ1v) is 5.54. The summed E-state index contributed by atoms with van der Waals surface area (Å²) in [5.74, 6) is -0.366. The summed E-state index contributed by atoms with van der Waals surface area (Å²) in [6.07, 6.45) is 3.29. The first-order valence-electron chi connectivity index (χ1n) is 5.54. The molecule has 0 heterocycles. The molecule has 86 valence electrons. The first-order chi connectivity index (χ1) is 7.77. The van der Waals surface area contributed by atoms with Crippen LogP contribution in [0.15, 0.2) is 18.2 Å². The molecule has 0 fully saturated rings. The second-order valence-corrected chi connectivity index (χ2v) is 3.68. The van der Waals surface area contributed by atoms with Gasteiger partial charge in [0.1, 0.15) is 5.82 Å². The van der Waals surface area contributed by atoms with Crippen molar-refractivity contribution in [1.29, 1.82) is 5.26 Å². The van der Waals surface area contributed by atoms with Gasteiger partial charge in [-0.15, -0.1) is 0 Å². The fourth-order valence-electron chi connectivity index (χ4n) is 1.37. The van der Waals surface area contributed by atoms with Crippen molar-refractivity contribution in [3.8, 4) is 6.07 Å². The molecule has 0 aliphatic rings. The maximum absolute atomic E-state index is 13.4. The molecule has 0 amide bonds. The topological polar surface area (TPSA) is 33.0 Å². The van der Waals surface area contributed by atoms with Gasteiger partial charge in [-0.25, -0.2) is 4.39 Å². The summed E-state index contributed by atoms with van der Waals surface area (Å²) in [6.45, 7) is 3.06. The van der Waals surface area contributed by atoms with Gasteiger partial charge in [-0.3, -0.25) is 0 Å². The lowest BCUT2D eigenvalue weighted by atomic mass is 10.1. The fourth-order valence-corrected chi connectivity index (χ4v) is 1.37. The Morgan fingerprint density at radius 1 is 1.38 bits per heavy atom. The predicted octanol–water partition coefficient (Wildman–Crippen LogP) is 3.40. The highest BCUT2D eigenvalue weighted by Gasteiger charge is 2.03. The molecule has 0 aliphatic heterocycles. The lowest BCUT2D eigenvalue weighted by molar-refractivity contribution is 0.115. The second-order valence-electron chi connectivity index (χ2n) is 3.68. The summed E-state index contributed by atoms with van der Waals surface area (Å²) in [7, 11) is 0. The van der Waals surface area contributed by atoms with Crippen molar-refractivity contribution in [1.82, 2.24) is 0 Å². The first kappa shape index (κ1) is 12.7. The highest BCUT2D eigenvalue weighted by Crippen LogP contribution is 2.11. The zero-order valence-corrected chi connectivity index (χ0v) is 9.50. The lowest BCUT2D eigenvalue weighted by Crippen LogP contribution is -1.98. The van der Waals surface area contributed by atoms with Crippen LogP contribution < -0.4 is 0 Å². The Hall–Kier alpha value is -1.40. The van der Waals surface area contributed by atoms with E-state index in [0.717, 1.165) is 19.3 Å². The van der Waals surface area contributed by atoms with Crippen molar-refractivity contribution in [2.75, 3.05) is 6.61 Å². The van der Waals surface area contributed by atoms with Crippen LogP contribution in [0.1, 0.15) is 37.3 Å². The van der Waals surface area contributed by atoms with Crippen LogP contribution in [0, 0.1) is 17.1 Å². The van der Waals surface area contributed by atoms with Crippen molar-refractivity contribution in [2.45, 2.75) is 32.8 Å². The molecule has 0 N–H and O–H groups in total. The molecule has 0 saturated heterocycles. The Bertz CT molecular complexity index is 371. The standard InChI is InChI=1S/C13H16FNO/c1-2-3-4-7-16-10-12-6-5-11(9-15)8-13(12)14/h5-6,8H,2-4,7,10H2,1H3. The molecule has 1 aromatic carbocycles. The average molecular weight is 221 g/mol. The minimum Gasteiger partial charge on any atom is -0.377 e. The minimum atomic E-state index is -0.366. The number of benzene rings is 1. The normalized spacial score (nSPS) is 10.1. The van der Waals surface area contributed by atoms with E-state index in [1.165, 1.54) is 6.07 Å². The Morgan fingerprint density at radius 3 is 2.81 bits per heavy atom. The van der Waals surface area contributed by atoms with Gasteiger partial charge in [-0.2, -0.15) is 5.26 Å². The number of hydrogen-bond donors (Lipinski definition) is 0. The molecule has 1 rings (SSSR count). The Morgan fingerprint density at radius 2 is 2.19 bits per heavy atom. The zero-order valence-electron chi connectivity index (χ0n) is 9.50. The lowest BCUT2D eigenvalue weighted by Gasteiger charge is -2.05. The molecule has 0 saturated carbocycles. The van der Waals surface area contributed by atoms with Gasteiger partial charge in [0, 0.05) is 12.2 Å². The maximum Gasteiger partial charge on any atom is 0.130 e. The summed E-state index contributed by atoms with van der Waals surface area (Å²) in [4.78, 5) is 0. The maximum atomic E-state index is 13.4. The highest BCUT2D eigenvalue weighted by atomic mass is 19.1. The molecule has 16 heavy (non-hydrogen) atoms. The largest absolute Gasteiger partial charge is 0.377 e. The van der Waals surface area contributed by atoms with Crippen molar-refractivity contribution in [3.05, 3.63) is 35.1 Å². The summed E-state index contributed by atoms with van der Waals surface area (Å²) < 4.78 is 18.7. The Balaban J connectivity index is 2.40. The number of rotatable bonds is 6. The summed E-state index contributed by atoms with van der Waals surface area (Å²) >= 11 is 0. The summed E-state index contributed by atoms with van der Waals surface area (Å²) in [5.41, 5.74) is 0.850. The van der Waals surface area contributed by atoms with E-state index in [9.17, 15) is 4.39 Å². The third kappa shape index (κ3) is 4.00. The van der Waals surface area contributed by atoms with Crippen LogP contribution in [0.5, 0.6) is 0 Å². The van der Waals surface area contributed by atoms with E-state index >= 15 is 0 Å². The van der Waals surface area contributed by atoms with Crippen LogP contribution in [0.4, 0.5) is 4.39 Å². The van der Waals surface area contributed by atoms with Gasteiger partial charge in [-0.1, -0.05) is 25.8 Å². The fraction of sp³-hybridized carbons (Fsp3) is 0.462. The molecular weight excluding hydrogens is 205 g/mol. The molecule has 0 spiro atoms. The number of nitriles is 1. The number of unbranched alkanes of at least 4 members (excludes halogenated alkanes) is 2. The third-order valence-corrected chi connectivity index (χ3v) is 2.33. The summed E-state index contributed by atoms with van der Waals surface area (Å²) in [5, 5.41) is 8.58. The van der Waals surface area contributed by atoms with Gasteiger partial charge in [-0.05, 0) is 18.6 Å². The van der Waals surface area contributed by atoms with E-state index in [4.69, 9.17) is 10.00 Å². The van der Waals surface area contributed by atoms with Gasteiger partial charge in [0.2, 0.25) is 0 Å². The van der Waals surface area contributed by atoms with Crippen LogP contribution in [-0.4, -0.2) is 6.61 Å². The minimum absolute atomic E-state index is 0.279. The van der Waals surface area contributed by atoms with Crippen molar-refractivity contribution in [3.63, 3.8) is 0 Å². The van der Waals surface area contributed by atoms with E-state index in [-0.39, 0.29) is 12.4 Å². The van der Waals surface area contributed by atoms with Gasteiger partial charge in [0.05, 0.1) is 18.2 Å². The van der Waals surface area contributed by atoms with Crippen molar-refractivity contribution in [2.24, 2.45) is 0 Å². The number of ether oxygens (including phenoxy) is 1. The number of nitrogens with zero attached hydrogens (tertiary/aromatic N) is 1. The van der Waals surface area contributed by atoms with E-state index in [2.05, 4.69) is 6.92 Å². The van der Waals surface area contributed by atoms with Gasteiger partial charge in [0.25, 0.3) is 0 Å². The SMILES string of the molecule is CCCCCOCc1ccc(C#N)cc1F. The van der Waals surface area contributed by atoms with Crippen LogP contribution in [0.25, 0.3) is 0 Å². The molecule has 0 atom stereocenters. The zero-order chi connectivity index (χ0) is 11.8. The number of hydrogen-bond acceptors (Lipinski definition) is 2. The van der Waals surface area contributed by atoms with Crippen LogP contribution in [-0.2, 0) is 11.3 Å². The van der Waals surface area contributed by atoms with Gasteiger partial charge >= 0.3 is 0 Å². The third-order valence-electron chi connectivity index (χ3n) is 2.33. The highest BCUT2D eigenvalue weighted by molar-refractivity contribution is 5.32. The quantitative estimate of drug-likeness (QED) is 0.690. The van der Waals surface area contributed by atoms with Crippen molar-refractivity contribution >= 4 is 0 Å². The monoisotopic (exact) mass is 221 g/mol. The molecule has 0 aromatic heterocycles. The molecule has 1 aromatic rings. The van der Waals surface area contributed by atoms with Crippen molar-refractivity contribution < 1.29 is 9.13 Å². The van der Waals surface area contributed by atoms with E-state index in [0.29, 0.717) is 17.7 Å². The van der Waals surface area contributed by atoms with Crippen LogP contribution >= 0.6 is 0 Å². The molecule has 3 heteroatoms. The van der Waals surface area contributed by atoms with E-state index in [1.54, 1.807) is 12.1 Å². The molecular formula is C13H16FNO. The number of halogens is 1. The molecule has 0 aliphatic carbocycles. The molecule has 0 unspecified atom stereocenters. The van der Waals surface area contributed by atoms with Gasteiger partial charge < -0.3 is 4.74 Å². The molecule has 0 bridgehead atoms. The van der Waals surface area contributed by atoms with Crippen LogP contribution in [0.3, 0.4) is 0 Å². The smallest absolute Gasteiger partial charge is 0.130 e. The Labute approximate surface area is 95.7 Å². The van der Waals surface area contributed by atoms with Crippen LogP contribution in [0.2, 0.25) is 0 Å². The van der Waals surface area contributed by atoms with E-state index in [1.807, 2.05) is 6.07 Å². The molecule has 0 radical (unpaired) electrons.